The molecule has 50 heavy (non-hydrogen) atoms. The lowest BCUT2D eigenvalue weighted by Gasteiger charge is -2.42. The van der Waals surface area contributed by atoms with Gasteiger partial charge in [0.2, 0.25) is 5.78 Å². The quantitative estimate of drug-likeness (QED) is 0.112. The number of aromatic nitrogens is 1. The molecule has 9 heteroatoms. The van der Waals surface area contributed by atoms with Gasteiger partial charge >= 0.3 is 5.97 Å². The highest BCUT2D eigenvalue weighted by Crippen LogP contribution is 2.60. The molecule has 7 rings (SSSR count). The van der Waals surface area contributed by atoms with Crippen molar-refractivity contribution in [2.75, 3.05) is 25.5 Å². The van der Waals surface area contributed by atoms with Crippen LogP contribution in [0, 0.1) is 17.8 Å². The van der Waals surface area contributed by atoms with Crippen LogP contribution in [0.2, 0.25) is 0 Å². The van der Waals surface area contributed by atoms with E-state index in [1.54, 1.807) is 30.5 Å². The molecule has 3 fully saturated rings. The molecule has 6 atom stereocenters. The summed E-state index contributed by atoms with van der Waals surface area (Å²) < 4.78 is 12.3. The maximum absolute atomic E-state index is 14.4. The van der Waals surface area contributed by atoms with Crippen LogP contribution < -0.4 is 11.1 Å². The standard InChI is InChI=1S/C41H51N3O6/c1-3-43-34-20-28-12-6-5-11-27(28)19-29(34)25-49-38(48)41-37(47)33-14-8-7-13-32(33)36(46)40(41,50-41)23-30(24-45)26(2)22-39(16-9-4-10-17-39)31-15-18-44-35(42)21-31/h6-8,12-15,18,21,27-29,34,43,45H,3-5,9-11,16-17,19-20,22-25H2,1-2H3,(H2,42,44). The Labute approximate surface area is 295 Å². The van der Waals surface area contributed by atoms with E-state index in [2.05, 4.69) is 29.4 Å². The number of nitrogen functional groups attached to an aromatic ring is 1. The topological polar surface area (TPSA) is 144 Å². The number of nitrogens with zero attached hydrogens (tertiary/aromatic N) is 1. The number of hydrogen-bond acceptors (Lipinski definition) is 9. The smallest absolute Gasteiger partial charge is 0.350 e. The van der Waals surface area contributed by atoms with E-state index in [1.165, 1.54) is 0 Å². The van der Waals surface area contributed by atoms with Crippen molar-refractivity contribution in [3.05, 3.63) is 82.6 Å². The van der Waals surface area contributed by atoms with Crippen LogP contribution in [-0.2, 0) is 19.7 Å². The molecule has 2 heterocycles. The van der Waals surface area contributed by atoms with Crippen molar-refractivity contribution in [3.8, 4) is 0 Å². The molecule has 0 bridgehead atoms. The molecule has 1 aromatic carbocycles. The molecule has 1 aliphatic heterocycles. The summed E-state index contributed by atoms with van der Waals surface area (Å²) in [5, 5.41) is 14.4. The number of carbonyl (C=O) groups excluding carboxylic acids is 3. The number of ether oxygens (including phenoxy) is 2. The lowest BCUT2D eigenvalue weighted by atomic mass is 9.65. The number of aliphatic hydroxyl groups is 1. The van der Waals surface area contributed by atoms with Crippen molar-refractivity contribution in [3.63, 3.8) is 0 Å². The predicted molar refractivity (Wildman–Crippen MR) is 191 cm³/mol. The fourth-order valence-corrected chi connectivity index (χ4v) is 9.88. The maximum atomic E-state index is 14.4. The van der Waals surface area contributed by atoms with Gasteiger partial charge < -0.3 is 25.6 Å². The zero-order valence-corrected chi connectivity index (χ0v) is 29.4. The molecule has 4 aliphatic carbocycles. The Hall–Kier alpha value is -3.66. The highest BCUT2D eigenvalue weighted by atomic mass is 16.7. The van der Waals surface area contributed by atoms with E-state index in [-0.39, 0.29) is 48.1 Å². The summed E-state index contributed by atoms with van der Waals surface area (Å²) in [4.78, 5) is 47.2. The van der Waals surface area contributed by atoms with Gasteiger partial charge in [0.25, 0.3) is 5.60 Å². The first kappa shape index (κ1) is 34.8. The first-order chi connectivity index (χ1) is 24.2. The number of aliphatic hydroxyl groups excluding tert-OH is 1. The van der Waals surface area contributed by atoms with Crippen molar-refractivity contribution < 1.29 is 29.0 Å². The number of epoxide rings is 1. The van der Waals surface area contributed by atoms with Crippen molar-refractivity contribution in [1.82, 2.24) is 10.3 Å². The van der Waals surface area contributed by atoms with Crippen LogP contribution >= 0.6 is 0 Å². The Kier molecular flexibility index (Phi) is 9.60. The molecule has 5 aliphatic rings. The number of allylic oxidation sites excluding steroid dienone is 3. The first-order valence-electron chi connectivity index (χ1n) is 18.6. The molecule has 9 nitrogen and oxygen atoms in total. The molecule has 0 radical (unpaired) electrons. The normalized spacial score (nSPS) is 31.6. The minimum absolute atomic E-state index is 0.0720. The largest absolute Gasteiger partial charge is 0.463 e. The number of Topliss-reactive ketones (excluding diaryl/α,β-unsaturated/α-hetero) is 2. The van der Waals surface area contributed by atoms with Gasteiger partial charge in [0.1, 0.15) is 5.82 Å². The van der Waals surface area contributed by atoms with Gasteiger partial charge in [-0.25, -0.2) is 9.78 Å². The number of esters is 1. The van der Waals surface area contributed by atoms with Gasteiger partial charge in [0.15, 0.2) is 11.4 Å². The molecular weight excluding hydrogens is 630 g/mol. The second kappa shape index (κ2) is 13.8. The molecular formula is C41H51N3O6. The molecule has 1 aromatic heterocycles. The Morgan fingerprint density at radius 3 is 2.56 bits per heavy atom. The number of rotatable bonds is 11. The van der Waals surface area contributed by atoms with Crippen molar-refractivity contribution in [2.24, 2.45) is 17.8 Å². The third kappa shape index (κ3) is 5.85. The van der Waals surface area contributed by atoms with Gasteiger partial charge in [0, 0.05) is 35.7 Å². The predicted octanol–water partition coefficient (Wildman–Crippen LogP) is 6.06. The van der Waals surface area contributed by atoms with E-state index >= 15 is 0 Å². The summed E-state index contributed by atoms with van der Waals surface area (Å²) >= 11 is 0. The zero-order chi connectivity index (χ0) is 35.1. The SMILES string of the molecule is CCNC1CC2C=CCCC2CC1COC(=O)C12OC1(CC(CO)=C(C)CC1(c3ccnc(N)c3)CCCCC1)C(=O)c1ccccc1C2=O. The van der Waals surface area contributed by atoms with E-state index in [0.717, 1.165) is 75.5 Å². The van der Waals surface area contributed by atoms with Gasteiger partial charge in [-0.2, -0.15) is 0 Å². The van der Waals surface area contributed by atoms with Crippen LogP contribution in [0.15, 0.2) is 65.9 Å². The lowest BCUT2D eigenvalue weighted by Crippen LogP contribution is -2.52. The fraction of sp³-hybridized carbons (Fsp3) is 0.561. The minimum atomic E-state index is -2.08. The Bertz CT molecular complexity index is 1710. The van der Waals surface area contributed by atoms with Crippen LogP contribution in [0.1, 0.15) is 111 Å². The average molecular weight is 682 g/mol. The van der Waals surface area contributed by atoms with Crippen molar-refractivity contribution in [1.29, 1.82) is 0 Å². The number of fused-ring (bicyclic) bond motifs is 3. The Morgan fingerprint density at radius 1 is 1.08 bits per heavy atom. The lowest BCUT2D eigenvalue weighted by molar-refractivity contribution is -0.150. The third-order valence-corrected chi connectivity index (χ3v) is 12.6. The number of pyridine rings is 1. The Balaban J connectivity index is 1.18. The number of anilines is 1. The zero-order valence-electron chi connectivity index (χ0n) is 29.4. The molecule has 2 saturated carbocycles. The number of nitrogens with two attached hydrogens (primary N) is 1. The molecule has 4 N–H and O–H groups in total. The van der Waals surface area contributed by atoms with Crippen LogP contribution in [0.4, 0.5) is 5.82 Å². The summed E-state index contributed by atoms with van der Waals surface area (Å²) in [6, 6.07) is 10.7. The fourth-order valence-electron chi connectivity index (χ4n) is 9.88. The van der Waals surface area contributed by atoms with Crippen LogP contribution in [-0.4, -0.2) is 64.6 Å². The Morgan fingerprint density at radius 2 is 1.84 bits per heavy atom. The van der Waals surface area contributed by atoms with E-state index in [9.17, 15) is 19.5 Å². The van der Waals surface area contributed by atoms with Gasteiger partial charge in [-0.1, -0.05) is 68.2 Å². The average Bonchev–Trinajstić information content (AvgIpc) is 3.84. The van der Waals surface area contributed by atoms with Crippen LogP contribution in [0.5, 0.6) is 0 Å². The molecule has 1 saturated heterocycles. The third-order valence-electron chi connectivity index (χ3n) is 12.6. The molecule has 0 amide bonds. The van der Waals surface area contributed by atoms with Gasteiger partial charge in [-0.3, -0.25) is 9.59 Å². The molecule has 6 unspecified atom stereocenters. The van der Waals surface area contributed by atoms with Gasteiger partial charge in [0.05, 0.1) is 13.2 Å². The second-order valence-electron chi connectivity index (χ2n) is 15.4. The van der Waals surface area contributed by atoms with E-state index in [0.29, 0.717) is 29.6 Å². The highest BCUT2D eigenvalue weighted by molar-refractivity contribution is 6.32. The number of nitrogens with one attached hydrogen (secondary N) is 1. The number of ketones is 2. The van der Waals surface area contributed by atoms with Crippen molar-refractivity contribution >= 4 is 23.4 Å². The molecule has 2 aromatic rings. The summed E-state index contributed by atoms with van der Waals surface area (Å²) in [6.07, 6.45) is 16.2. The number of benzene rings is 1. The number of hydrogen-bond donors (Lipinski definition) is 3. The molecule has 266 valence electrons. The van der Waals surface area contributed by atoms with E-state index < -0.39 is 28.7 Å². The maximum Gasteiger partial charge on any atom is 0.350 e. The van der Waals surface area contributed by atoms with Crippen molar-refractivity contribution in [2.45, 2.75) is 107 Å². The second-order valence-corrected chi connectivity index (χ2v) is 15.4. The van der Waals surface area contributed by atoms with E-state index in [4.69, 9.17) is 15.2 Å². The monoisotopic (exact) mass is 681 g/mol. The number of carbonyl (C=O) groups is 3. The minimum Gasteiger partial charge on any atom is -0.463 e. The summed E-state index contributed by atoms with van der Waals surface area (Å²) in [7, 11) is 0. The summed E-state index contributed by atoms with van der Waals surface area (Å²) in [6.45, 7) is 4.68. The van der Waals surface area contributed by atoms with Gasteiger partial charge in [-0.15, -0.1) is 0 Å². The first-order valence-corrected chi connectivity index (χ1v) is 18.6. The summed E-state index contributed by atoms with van der Waals surface area (Å²) in [5.74, 6) is -0.170. The van der Waals surface area contributed by atoms with E-state index in [1.807, 2.05) is 19.1 Å². The molecule has 0 spiro atoms. The summed E-state index contributed by atoms with van der Waals surface area (Å²) in [5.41, 5.74) is 5.11. The highest BCUT2D eigenvalue weighted by Gasteiger charge is 2.85. The van der Waals surface area contributed by atoms with Crippen LogP contribution in [0.25, 0.3) is 0 Å². The van der Waals surface area contributed by atoms with Crippen LogP contribution in [0.3, 0.4) is 0 Å². The van der Waals surface area contributed by atoms with Gasteiger partial charge in [-0.05, 0) is 98.9 Å².